The maximum Gasteiger partial charge on any atom is 0.305 e. The zero-order chi connectivity index (χ0) is 34.2. The molecule has 0 saturated carbocycles. The Bertz CT molecular complexity index is 1550. The minimum atomic E-state index is -4.37. The number of aliphatic imine (C=N–C) groups is 1. The largest absolute Gasteiger partial charge is 0.496 e. The molecule has 2 aromatic rings. The van der Waals surface area contributed by atoms with Gasteiger partial charge in [-0.2, -0.15) is 4.72 Å². The highest BCUT2D eigenvalue weighted by Gasteiger charge is 2.34. The molecule has 13 heteroatoms. The number of carboxylic acids is 1. The molecule has 2 aromatic carbocycles. The van der Waals surface area contributed by atoms with Crippen molar-refractivity contribution in [1.82, 2.24) is 14.9 Å². The molecule has 1 aliphatic rings. The number of ether oxygens (including phenoxy) is 1. The maximum atomic E-state index is 13.7. The lowest BCUT2D eigenvalue weighted by molar-refractivity contribution is -0.140. The summed E-state index contributed by atoms with van der Waals surface area (Å²) >= 11 is 0. The van der Waals surface area contributed by atoms with E-state index in [2.05, 4.69) is 15.0 Å². The molecule has 0 aliphatic carbocycles. The molecule has 0 unspecified atom stereocenters. The van der Waals surface area contributed by atoms with Crippen molar-refractivity contribution in [2.75, 3.05) is 26.7 Å². The Morgan fingerprint density at radius 3 is 2.22 bits per heavy atom. The third-order valence-electron chi connectivity index (χ3n) is 8.06. The van der Waals surface area contributed by atoms with Crippen LogP contribution in [0, 0.1) is 26.7 Å². The normalized spacial score (nSPS) is 15.4. The third-order valence-corrected chi connectivity index (χ3v) is 9.82. The summed E-state index contributed by atoms with van der Waals surface area (Å²) in [6, 6.07) is 6.01. The van der Waals surface area contributed by atoms with E-state index in [1.807, 2.05) is 13.8 Å². The second kappa shape index (κ2) is 16.0. The molecule has 1 heterocycles. The molecule has 1 aliphatic heterocycles. The highest BCUT2D eigenvalue weighted by atomic mass is 32.2. The summed E-state index contributed by atoms with van der Waals surface area (Å²) in [7, 11) is -2.89. The molecule has 2 amide bonds. The number of piperidine rings is 1. The van der Waals surface area contributed by atoms with Crippen molar-refractivity contribution < 1.29 is 32.6 Å². The topological polar surface area (TPSA) is 180 Å². The van der Waals surface area contributed by atoms with E-state index in [9.17, 15) is 27.9 Å². The van der Waals surface area contributed by atoms with E-state index in [1.54, 1.807) is 56.0 Å². The van der Waals surface area contributed by atoms with Crippen molar-refractivity contribution in [3.63, 3.8) is 0 Å². The number of nitrogens with one attached hydrogen (secondary N) is 2. The number of aryl methyl sites for hydroxylation is 1. The summed E-state index contributed by atoms with van der Waals surface area (Å²) in [4.78, 5) is 45.2. The first-order chi connectivity index (χ1) is 21.6. The van der Waals surface area contributed by atoms with Crippen LogP contribution in [0.4, 0.5) is 0 Å². The van der Waals surface area contributed by atoms with Gasteiger partial charge in [0, 0.05) is 31.6 Å². The Labute approximate surface area is 271 Å². The quantitative estimate of drug-likeness (QED) is 0.177. The molecule has 1 saturated heterocycles. The van der Waals surface area contributed by atoms with E-state index in [0.29, 0.717) is 53.8 Å². The van der Waals surface area contributed by atoms with Gasteiger partial charge in [0.1, 0.15) is 23.7 Å². The third kappa shape index (κ3) is 9.52. The number of carbonyl (C=O) groups excluding carboxylic acids is 2. The van der Waals surface area contributed by atoms with Crippen molar-refractivity contribution in [1.29, 1.82) is 0 Å². The lowest BCUT2D eigenvalue weighted by Gasteiger charge is -2.31. The van der Waals surface area contributed by atoms with Gasteiger partial charge in [0.15, 0.2) is 0 Å². The zero-order valence-electron chi connectivity index (χ0n) is 27.6. The van der Waals surface area contributed by atoms with E-state index in [-0.39, 0.29) is 17.2 Å². The molecule has 0 aromatic heterocycles. The van der Waals surface area contributed by atoms with E-state index < -0.39 is 40.4 Å². The molecular weight excluding hydrogens is 610 g/mol. The van der Waals surface area contributed by atoms with Crippen LogP contribution < -0.4 is 20.5 Å². The molecule has 252 valence electrons. The molecule has 2 atom stereocenters. The molecule has 0 spiro atoms. The predicted octanol–water partition coefficient (Wildman–Crippen LogP) is 2.84. The number of nitrogens with zero attached hydrogens (tertiary/aromatic N) is 2. The number of amides is 2. The number of aliphatic carboxylic acids is 1. The molecule has 3 rings (SSSR count). The van der Waals surface area contributed by atoms with Gasteiger partial charge in [0.2, 0.25) is 21.8 Å². The van der Waals surface area contributed by atoms with Crippen molar-refractivity contribution in [2.45, 2.75) is 83.7 Å². The van der Waals surface area contributed by atoms with Crippen molar-refractivity contribution in [3.05, 3.63) is 58.1 Å². The second-order valence-electron chi connectivity index (χ2n) is 12.2. The molecule has 0 radical (unpaired) electrons. The number of hydrogen-bond acceptors (Lipinski definition) is 7. The SMILES string of the molecule is COc1cc(C)c(S(=O)(=O)N[C@@H](CC(=O)O)C(=O)N[C@H](Cc2ccc(C(N)=NCC(C)C)cc2)C(=O)N2CCCCC2)c(C)c1C. The predicted molar refractivity (Wildman–Crippen MR) is 177 cm³/mol. The molecule has 0 bridgehead atoms. The summed E-state index contributed by atoms with van der Waals surface area (Å²) in [5, 5.41) is 12.3. The average molecular weight is 658 g/mol. The van der Waals surface area contributed by atoms with Gasteiger partial charge < -0.3 is 25.8 Å². The highest BCUT2D eigenvalue weighted by Crippen LogP contribution is 2.30. The van der Waals surface area contributed by atoms with Crippen LogP contribution in [0.25, 0.3) is 0 Å². The van der Waals surface area contributed by atoms with Crippen LogP contribution in [0.15, 0.2) is 40.2 Å². The van der Waals surface area contributed by atoms with Crippen molar-refractivity contribution in [3.8, 4) is 5.75 Å². The number of carboxylic acid groups (broad SMARTS) is 1. The lowest BCUT2D eigenvalue weighted by Crippen LogP contribution is -2.56. The Morgan fingerprint density at radius 1 is 1.02 bits per heavy atom. The maximum absolute atomic E-state index is 13.7. The first kappa shape index (κ1) is 36.5. The fourth-order valence-corrected chi connectivity index (χ4v) is 7.20. The van der Waals surface area contributed by atoms with Crippen LogP contribution in [0.2, 0.25) is 0 Å². The minimum absolute atomic E-state index is 0.0637. The van der Waals surface area contributed by atoms with Crippen molar-refractivity contribution in [2.24, 2.45) is 16.6 Å². The number of likely N-dealkylation sites (tertiary alicyclic amines) is 1. The summed E-state index contributed by atoms with van der Waals surface area (Å²) in [5.41, 5.74) is 8.97. The van der Waals surface area contributed by atoms with Crippen LogP contribution >= 0.6 is 0 Å². The number of hydrogen-bond donors (Lipinski definition) is 4. The molecule has 1 fully saturated rings. The van der Waals surface area contributed by atoms with E-state index >= 15 is 0 Å². The number of benzene rings is 2. The van der Waals surface area contributed by atoms with Crippen LogP contribution in [-0.4, -0.2) is 80.9 Å². The van der Waals surface area contributed by atoms with Gasteiger partial charge in [-0.3, -0.25) is 19.4 Å². The first-order valence-corrected chi connectivity index (χ1v) is 17.0. The van der Waals surface area contributed by atoms with Gasteiger partial charge in [-0.25, -0.2) is 8.42 Å². The van der Waals surface area contributed by atoms with Crippen LogP contribution in [0.1, 0.15) is 67.3 Å². The van der Waals surface area contributed by atoms with Gasteiger partial charge >= 0.3 is 5.97 Å². The van der Waals surface area contributed by atoms with Crippen molar-refractivity contribution >= 4 is 33.6 Å². The summed E-state index contributed by atoms with van der Waals surface area (Å²) in [6.07, 6.45) is 1.93. The van der Waals surface area contributed by atoms with Crippen LogP contribution in [-0.2, 0) is 30.8 Å². The molecular formula is C33H47N5O7S. The summed E-state index contributed by atoms with van der Waals surface area (Å²) in [5.74, 6) is -1.35. The first-order valence-electron chi connectivity index (χ1n) is 15.5. The number of sulfonamides is 1. The van der Waals surface area contributed by atoms with Gasteiger partial charge in [0.05, 0.1) is 18.4 Å². The number of nitrogens with two attached hydrogens (primary N) is 1. The van der Waals surface area contributed by atoms with Crippen LogP contribution in [0.3, 0.4) is 0 Å². The summed E-state index contributed by atoms with van der Waals surface area (Å²) in [6.45, 7) is 10.7. The fourth-order valence-electron chi connectivity index (χ4n) is 5.48. The van der Waals surface area contributed by atoms with E-state index in [0.717, 1.165) is 30.4 Å². The highest BCUT2D eigenvalue weighted by molar-refractivity contribution is 7.89. The number of amidine groups is 1. The Balaban J connectivity index is 1.91. The Morgan fingerprint density at radius 2 is 1.65 bits per heavy atom. The molecule has 5 N–H and O–H groups in total. The van der Waals surface area contributed by atoms with Crippen LogP contribution in [0.5, 0.6) is 5.75 Å². The number of rotatable bonds is 14. The monoisotopic (exact) mass is 657 g/mol. The van der Waals surface area contributed by atoms with Gasteiger partial charge in [-0.05, 0) is 74.3 Å². The zero-order valence-corrected chi connectivity index (χ0v) is 28.4. The average Bonchev–Trinajstić information content (AvgIpc) is 3.00. The summed E-state index contributed by atoms with van der Waals surface area (Å²) < 4.78 is 34.9. The minimum Gasteiger partial charge on any atom is -0.496 e. The smallest absolute Gasteiger partial charge is 0.305 e. The Kier molecular flexibility index (Phi) is 12.7. The van der Waals surface area contributed by atoms with E-state index in [4.69, 9.17) is 10.5 Å². The standard InChI is InChI=1S/C33H47N5O7S/c1-20(2)19-35-31(34)25-12-10-24(11-13-25)17-27(33(42)38-14-8-7-9-15-38)36-32(41)26(18-29(39)40)37-46(43,44)30-21(3)16-28(45-6)22(4)23(30)5/h10-13,16,20,26-27,37H,7-9,14-15,17-19H2,1-6H3,(H2,34,35)(H,36,41)(H,39,40)/t26-,27+/m0/s1. The van der Waals surface area contributed by atoms with Gasteiger partial charge in [-0.1, -0.05) is 38.1 Å². The number of carbonyl (C=O) groups is 3. The van der Waals surface area contributed by atoms with Gasteiger partial charge in [-0.15, -0.1) is 0 Å². The van der Waals surface area contributed by atoms with Gasteiger partial charge in [0.25, 0.3) is 0 Å². The molecule has 46 heavy (non-hydrogen) atoms. The fraction of sp³-hybridized carbons (Fsp3) is 0.515. The number of methoxy groups -OCH3 is 1. The van der Waals surface area contributed by atoms with E-state index in [1.165, 1.54) is 7.11 Å². The lowest BCUT2D eigenvalue weighted by atomic mass is 10.0. The Hall–Kier alpha value is -3.97. The second-order valence-corrected chi connectivity index (χ2v) is 13.9. The molecule has 12 nitrogen and oxygen atoms in total.